The number of fused-ring (bicyclic) bond motifs is 3. The Bertz CT molecular complexity index is 1300. The number of halogens is 1. The van der Waals surface area contributed by atoms with E-state index in [1.165, 1.54) is 13.2 Å². The number of nitrogens with zero attached hydrogens (tertiary/aromatic N) is 1. The lowest BCUT2D eigenvalue weighted by atomic mass is 10.0. The number of carbonyl (C=O) groups excluding carboxylic acids is 1. The summed E-state index contributed by atoms with van der Waals surface area (Å²) < 4.78 is 54.0. The van der Waals surface area contributed by atoms with Gasteiger partial charge in [-0.15, -0.1) is 0 Å². The maximum absolute atomic E-state index is 14.0. The van der Waals surface area contributed by atoms with Gasteiger partial charge in [-0.3, -0.25) is 9.62 Å². The monoisotopic (exact) mass is 502 g/mol. The van der Waals surface area contributed by atoms with Crippen molar-refractivity contribution >= 4 is 27.8 Å². The number of esters is 1. The number of sulfonamides is 1. The average molecular weight is 503 g/mol. The number of hydrogen-bond donors (Lipinski definition) is 2. The van der Waals surface area contributed by atoms with Gasteiger partial charge in [0.05, 0.1) is 30.4 Å². The number of anilines is 1. The lowest BCUT2D eigenvalue weighted by Crippen LogP contribution is -2.22. The Morgan fingerprint density at radius 2 is 2.17 bits per heavy atom. The van der Waals surface area contributed by atoms with Crippen LogP contribution in [0.25, 0.3) is 6.08 Å². The van der Waals surface area contributed by atoms with Gasteiger partial charge < -0.3 is 14.6 Å². The molecule has 1 aliphatic carbocycles. The second-order valence-electron chi connectivity index (χ2n) is 9.20. The minimum absolute atomic E-state index is 0.0331. The number of carbonyl (C=O) groups is 1. The molecule has 2 aliphatic heterocycles. The molecule has 2 heterocycles. The molecule has 8 nitrogen and oxygen atoms in total. The molecule has 3 atom stereocenters. The van der Waals surface area contributed by atoms with Crippen molar-refractivity contribution < 1.29 is 32.2 Å². The van der Waals surface area contributed by atoms with Crippen LogP contribution in [-0.4, -0.2) is 63.8 Å². The van der Waals surface area contributed by atoms with Crippen molar-refractivity contribution in [2.24, 2.45) is 5.92 Å². The standard InChI is InChI=1S/C25H27FN2O6S/c1-33-25(30)23-21(6-5-19-20-12-16(20)14-34-24(19)23)27-35(31,32)22-7-4-17(26)11-15(22)3-2-9-28-10-8-18(29)13-28/h2-7,11,16,18,20,27,29H,8-10,12-14H2,1H3/t16?,18-,20?/m1/s1. The fourth-order valence-electron chi connectivity index (χ4n) is 4.84. The first-order valence-corrected chi connectivity index (χ1v) is 13.0. The lowest BCUT2D eigenvalue weighted by Gasteiger charge is -2.22. The number of aliphatic hydroxyl groups is 1. The zero-order valence-electron chi connectivity index (χ0n) is 19.2. The number of β-amino-alcohol motifs (C(OH)–C–C–N with tert-alkyl or cyclic N) is 1. The first kappa shape index (κ1) is 23.8. The van der Waals surface area contributed by atoms with Crippen molar-refractivity contribution in [1.82, 2.24) is 4.90 Å². The predicted molar refractivity (Wildman–Crippen MR) is 127 cm³/mol. The van der Waals surface area contributed by atoms with Crippen LogP contribution < -0.4 is 9.46 Å². The van der Waals surface area contributed by atoms with Crippen LogP contribution in [0.3, 0.4) is 0 Å². The van der Waals surface area contributed by atoms with E-state index in [1.54, 1.807) is 24.3 Å². The van der Waals surface area contributed by atoms with Gasteiger partial charge in [-0.1, -0.05) is 18.2 Å². The van der Waals surface area contributed by atoms with Gasteiger partial charge in [0.2, 0.25) is 0 Å². The van der Waals surface area contributed by atoms with E-state index in [0.717, 1.165) is 30.7 Å². The fraction of sp³-hybridized carbons (Fsp3) is 0.400. The van der Waals surface area contributed by atoms with E-state index >= 15 is 0 Å². The van der Waals surface area contributed by atoms with Crippen LogP contribution in [0, 0.1) is 11.7 Å². The molecule has 0 spiro atoms. The van der Waals surface area contributed by atoms with Gasteiger partial charge in [-0.05, 0) is 54.2 Å². The highest BCUT2D eigenvalue weighted by Crippen LogP contribution is 2.55. The first-order chi connectivity index (χ1) is 16.8. The van der Waals surface area contributed by atoms with Crippen LogP contribution in [0.15, 0.2) is 41.3 Å². The summed E-state index contributed by atoms with van der Waals surface area (Å²) in [5.74, 6) is -0.198. The highest BCUT2D eigenvalue weighted by atomic mass is 32.2. The van der Waals surface area contributed by atoms with Crippen LogP contribution in [0.5, 0.6) is 5.75 Å². The van der Waals surface area contributed by atoms with Gasteiger partial charge in [0.25, 0.3) is 10.0 Å². The van der Waals surface area contributed by atoms with Gasteiger partial charge >= 0.3 is 5.97 Å². The van der Waals surface area contributed by atoms with E-state index in [9.17, 15) is 22.7 Å². The van der Waals surface area contributed by atoms with Gasteiger partial charge in [0.1, 0.15) is 17.1 Å². The first-order valence-electron chi connectivity index (χ1n) is 11.5. The van der Waals surface area contributed by atoms with E-state index in [2.05, 4.69) is 4.72 Å². The molecule has 5 rings (SSSR count). The molecule has 1 saturated heterocycles. The number of ether oxygens (including phenoxy) is 2. The quantitative estimate of drug-likeness (QED) is 0.561. The molecule has 35 heavy (non-hydrogen) atoms. The molecule has 2 aromatic carbocycles. The summed E-state index contributed by atoms with van der Waals surface area (Å²) >= 11 is 0. The topological polar surface area (TPSA) is 105 Å². The van der Waals surface area contributed by atoms with Crippen LogP contribution in [0.1, 0.15) is 40.2 Å². The Morgan fingerprint density at radius 3 is 2.91 bits per heavy atom. The maximum Gasteiger partial charge on any atom is 0.343 e. The number of benzene rings is 2. The predicted octanol–water partition coefficient (Wildman–Crippen LogP) is 2.99. The largest absolute Gasteiger partial charge is 0.492 e. The third-order valence-corrected chi connectivity index (χ3v) is 8.20. The summed E-state index contributed by atoms with van der Waals surface area (Å²) in [7, 11) is -2.97. The third kappa shape index (κ3) is 4.78. The highest BCUT2D eigenvalue weighted by Gasteiger charge is 2.45. The van der Waals surface area contributed by atoms with Gasteiger partial charge in [0, 0.05) is 25.6 Å². The zero-order chi connectivity index (χ0) is 24.7. The number of aliphatic hydroxyl groups excluding tert-OH is 1. The summed E-state index contributed by atoms with van der Waals surface area (Å²) in [6.07, 6.45) is 4.58. The minimum atomic E-state index is -4.20. The zero-order valence-corrected chi connectivity index (χ0v) is 20.1. The van der Waals surface area contributed by atoms with Crippen LogP contribution in [-0.2, 0) is 14.8 Å². The molecule has 186 valence electrons. The van der Waals surface area contributed by atoms with Crippen molar-refractivity contribution in [1.29, 1.82) is 0 Å². The maximum atomic E-state index is 14.0. The molecular weight excluding hydrogens is 475 g/mol. The fourth-order valence-corrected chi connectivity index (χ4v) is 6.09. The molecular formula is C25H27FN2O6S. The summed E-state index contributed by atoms with van der Waals surface area (Å²) in [6, 6.07) is 6.74. The van der Waals surface area contributed by atoms with Gasteiger partial charge in [0.15, 0.2) is 0 Å². The van der Waals surface area contributed by atoms with Crippen LogP contribution >= 0.6 is 0 Å². The molecule has 2 unspecified atom stereocenters. The Labute approximate surface area is 203 Å². The van der Waals surface area contributed by atoms with E-state index < -0.39 is 21.8 Å². The summed E-state index contributed by atoms with van der Waals surface area (Å²) in [5.41, 5.74) is 1.12. The molecule has 2 aromatic rings. The average Bonchev–Trinajstić information content (AvgIpc) is 3.51. The number of nitrogens with one attached hydrogen (secondary N) is 1. The van der Waals surface area contributed by atoms with E-state index in [4.69, 9.17) is 9.47 Å². The van der Waals surface area contributed by atoms with Crippen LogP contribution in [0.4, 0.5) is 10.1 Å². The van der Waals surface area contributed by atoms with Crippen LogP contribution in [0.2, 0.25) is 0 Å². The molecule has 2 fully saturated rings. The molecule has 10 heteroatoms. The van der Waals surface area contributed by atoms with E-state index in [1.807, 2.05) is 4.90 Å². The van der Waals surface area contributed by atoms with Crippen molar-refractivity contribution in [3.63, 3.8) is 0 Å². The number of likely N-dealkylation sites (tertiary alicyclic amines) is 1. The normalized spacial score (nSPS) is 23.5. The summed E-state index contributed by atoms with van der Waals surface area (Å²) in [4.78, 5) is 14.5. The third-order valence-electron chi connectivity index (χ3n) is 6.76. The molecule has 3 aliphatic rings. The van der Waals surface area contributed by atoms with Crippen molar-refractivity contribution in [3.05, 3.63) is 58.9 Å². The molecule has 0 radical (unpaired) electrons. The van der Waals surface area contributed by atoms with Gasteiger partial charge in [-0.25, -0.2) is 17.6 Å². The SMILES string of the molecule is COC(=O)c1c(NS(=O)(=O)c2ccc(F)cc2C=CCN2CC[C@@H](O)C2)ccc2c1OCC1CC21. The van der Waals surface area contributed by atoms with E-state index in [0.29, 0.717) is 43.7 Å². The molecule has 1 saturated carbocycles. The number of rotatable bonds is 7. The number of hydrogen-bond acceptors (Lipinski definition) is 7. The molecule has 2 N–H and O–H groups in total. The van der Waals surface area contributed by atoms with E-state index in [-0.39, 0.29) is 27.8 Å². The van der Waals surface area contributed by atoms with Gasteiger partial charge in [-0.2, -0.15) is 0 Å². The minimum Gasteiger partial charge on any atom is -0.492 e. The summed E-state index contributed by atoms with van der Waals surface area (Å²) in [6.45, 7) is 2.24. The molecule has 0 bridgehead atoms. The Hall–Kier alpha value is -2.95. The van der Waals surface area contributed by atoms with Crippen molar-refractivity contribution in [2.45, 2.75) is 29.8 Å². The highest BCUT2D eigenvalue weighted by molar-refractivity contribution is 7.92. The van der Waals surface area contributed by atoms with Crippen molar-refractivity contribution in [2.75, 3.05) is 38.1 Å². The lowest BCUT2D eigenvalue weighted by molar-refractivity contribution is 0.0596. The van der Waals surface area contributed by atoms with Crippen molar-refractivity contribution in [3.8, 4) is 5.75 Å². The Balaban J connectivity index is 1.45. The molecule has 0 aromatic heterocycles. The second-order valence-corrected chi connectivity index (χ2v) is 10.9. The number of methoxy groups -OCH3 is 1. The Kier molecular flexibility index (Phi) is 6.29. The smallest absolute Gasteiger partial charge is 0.343 e. The Morgan fingerprint density at radius 1 is 1.34 bits per heavy atom. The second kappa shape index (κ2) is 9.25. The summed E-state index contributed by atoms with van der Waals surface area (Å²) in [5, 5.41) is 9.67. The molecule has 0 amide bonds.